The summed E-state index contributed by atoms with van der Waals surface area (Å²) in [5.74, 6) is -1.17. The molecule has 0 spiro atoms. The summed E-state index contributed by atoms with van der Waals surface area (Å²) in [5.41, 5.74) is 6.21. The van der Waals surface area contributed by atoms with E-state index < -0.39 is 11.6 Å². The zero-order chi connectivity index (χ0) is 26.7. The number of hydrogen-bond donors (Lipinski definition) is 3. The Balaban J connectivity index is 1.61. The molecule has 1 amide bonds. The maximum atomic E-state index is 16.5. The molecule has 6 rings (SSSR count). The normalized spacial score (nSPS) is 18.8. The van der Waals surface area contributed by atoms with Gasteiger partial charge in [0.15, 0.2) is 5.82 Å². The Morgan fingerprint density at radius 3 is 2.74 bits per heavy atom. The number of benzene rings is 2. The van der Waals surface area contributed by atoms with Crippen LogP contribution in [0.5, 0.6) is 0 Å². The number of nitrogens with one attached hydrogen (secondary N) is 2. The Kier molecular flexibility index (Phi) is 6.06. The van der Waals surface area contributed by atoms with Crippen LogP contribution in [0.25, 0.3) is 32.1 Å². The Hall–Kier alpha value is -3.59. The number of piperazine rings is 1. The predicted octanol–water partition coefficient (Wildman–Crippen LogP) is 5.19. The summed E-state index contributed by atoms with van der Waals surface area (Å²) in [5, 5.41) is 16.7. The lowest BCUT2D eigenvalue weighted by molar-refractivity contribution is -0.115. The maximum Gasteiger partial charge on any atom is 0.232 e. The molecule has 38 heavy (non-hydrogen) atoms. The van der Waals surface area contributed by atoms with Gasteiger partial charge >= 0.3 is 0 Å². The lowest BCUT2D eigenvalue weighted by Crippen LogP contribution is -2.51. The van der Waals surface area contributed by atoms with Gasteiger partial charge in [0.2, 0.25) is 11.9 Å². The quantitative estimate of drug-likeness (QED) is 0.318. The van der Waals surface area contributed by atoms with Gasteiger partial charge < -0.3 is 16.0 Å². The molecular weight excluding hydrogens is 532 g/mol. The van der Waals surface area contributed by atoms with Crippen molar-refractivity contribution in [2.75, 3.05) is 29.0 Å². The first-order valence-electron chi connectivity index (χ1n) is 12.2. The lowest BCUT2D eigenvalue weighted by Gasteiger charge is -2.34. The summed E-state index contributed by atoms with van der Waals surface area (Å²) in [6, 6.07) is 6.75. The molecule has 2 aliphatic heterocycles. The topological polar surface area (TPSA) is 120 Å². The SMILES string of the molecule is CCC(=O)Nc1nc(N2CC3CCC(C2)N3)c2cc(Cl)c(-c3ccc(F)c4sc(N)c(C#N)c34)c(F)c2n1. The number of anilines is 3. The van der Waals surface area contributed by atoms with E-state index in [1.807, 2.05) is 6.07 Å². The van der Waals surface area contributed by atoms with Crippen molar-refractivity contribution in [1.82, 2.24) is 15.3 Å². The average molecular weight is 554 g/mol. The molecule has 0 radical (unpaired) electrons. The average Bonchev–Trinajstić information content (AvgIpc) is 3.42. The maximum absolute atomic E-state index is 16.5. The van der Waals surface area contributed by atoms with Crippen LogP contribution in [0.15, 0.2) is 18.2 Å². The first-order valence-corrected chi connectivity index (χ1v) is 13.4. The number of fused-ring (bicyclic) bond motifs is 4. The van der Waals surface area contributed by atoms with Crippen LogP contribution >= 0.6 is 22.9 Å². The van der Waals surface area contributed by atoms with Gasteiger partial charge in [-0.05, 0) is 30.5 Å². The van der Waals surface area contributed by atoms with Gasteiger partial charge in [-0.1, -0.05) is 24.6 Å². The fraction of sp³-hybridized carbons (Fsp3) is 0.308. The van der Waals surface area contributed by atoms with E-state index in [1.54, 1.807) is 13.0 Å². The molecule has 2 aromatic carbocycles. The molecule has 2 saturated heterocycles. The van der Waals surface area contributed by atoms with E-state index in [2.05, 4.69) is 25.5 Å². The fourth-order valence-electron chi connectivity index (χ4n) is 5.42. The molecule has 4 heterocycles. The number of nitrogens with zero attached hydrogens (tertiary/aromatic N) is 4. The van der Waals surface area contributed by atoms with Crippen LogP contribution < -0.4 is 21.3 Å². The second-order valence-electron chi connectivity index (χ2n) is 9.51. The number of rotatable bonds is 4. The van der Waals surface area contributed by atoms with Crippen LogP contribution in [-0.2, 0) is 4.79 Å². The largest absolute Gasteiger partial charge is 0.389 e. The van der Waals surface area contributed by atoms with Gasteiger partial charge in [-0.15, -0.1) is 11.3 Å². The standard InChI is InChI=1S/C26H22ClF2N7OS/c1-2-18(37)33-26-34-22-14(25(35-26)36-9-11-3-4-12(10-36)32-11)7-16(27)20(21(22)29)13-5-6-17(28)23-19(13)15(8-30)24(31)38-23/h5-7,11-12,32H,2-4,9-10,31H2,1H3,(H,33,34,35,37). The van der Waals surface area contributed by atoms with E-state index in [-0.39, 0.29) is 72.7 Å². The number of nitriles is 1. The highest BCUT2D eigenvalue weighted by Crippen LogP contribution is 2.45. The van der Waals surface area contributed by atoms with E-state index in [4.69, 9.17) is 17.3 Å². The number of thiophene rings is 1. The minimum Gasteiger partial charge on any atom is -0.389 e. The summed E-state index contributed by atoms with van der Waals surface area (Å²) >= 11 is 7.63. The van der Waals surface area contributed by atoms with Crippen molar-refractivity contribution in [3.63, 3.8) is 0 Å². The molecule has 4 aromatic rings. The number of nitrogen functional groups attached to an aromatic ring is 1. The third kappa shape index (κ3) is 3.91. The summed E-state index contributed by atoms with van der Waals surface area (Å²) in [6.07, 6.45) is 2.27. The van der Waals surface area contributed by atoms with Crippen molar-refractivity contribution in [1.29, 1.82) is 5.26 Å². The minimum absolute atomic E-state index is 0.0147. The Morgan fingerprint density at radius 2 is 2.05 bits per heavy atom. The van der Waals surface area contributed by atoms with Crippen LogP contribution in [0.2, 0.25) is 5.02 Å². The molecule has 12 heteroatoms. The number of halogens is 3. The number of aromatic nitrogens is 2. The highest BCUT2D eigenvalue weighted by atomic mass is 35.5. The van der Waals surface area contributed by atoms with E-state index in [0.717, 1.165) is 24.2 Å². The number of hydrogen-bond acceptors (Lipinski definition) is 8. The molecule has 4 N–H and O–H groups in total. The van der Waals surface area contributed by atoms with Crippen molar-refractivity contribution < 1.29 is 13.6 Å². The van der Waals surface area contributed by atoms with E-state index >= 15 is 4.39 Å². The zero-order valence-electron chi connectivity index (χ0n) is 20.2. The van der Waals surface area contributed by atoms with E-state index in [1.165, 1.54) is 12.1 Å². The van der Waals surface area contributed by atoms with Crippen LogP contribution in [-0.4, -0.2) is 41.0 Å². The molecule has 0 aliphatic carbocycles. The highest BCUT2D eigenvalue weighted by Gasteiger charge is 2.34. The van der Waals surface area contributed by atoms with Gasteiger partial charge in [0, 0.05) is 47.9 Å². The van der Waals surface area contributed by atoms with Gasteiger partial charge in [-0.2, -0.15) is 10.2 Å². The molecule has 2 atom stereocenters. The van der Waals surface area contributed by atoms with Gasteiger partial charge in [-0.3, -0.25) is 10.1 Å². The van der Waals surface area contributed by atoms with E-state index in [9.17, 15) is 14.4 Å². The molecule has 0 saturated carbocycles. The van der Waals surface area contributed by atoms with Crippen molar-refractivity contribution >= 4 is 66.6 Å². The Labute approximate surface area is 225 Å². The van der Waals surface area contributed by atoms with Gasteiger partial charge in [0.1, 0.15) is 28.2 Å². The number of carbonyl (C=O) groups is 1. The number of amides is 1. The molecule has 2 unspecified atom stereocenters. The number of carbonyl (C=O) groups excluding carboxylic acids is 1. The third-order valence-electron chi connectivity index (χ3n) is 7.15. The van der Waals surface area contributed by atoms with Crippen LogP contribution in [0.3, 0.4) is 0 Å². The second kappa shape index (κ2) is 9.31. The van der Waals surface area contributed by atoms with E-state index in [0.29, 0.717) is 24.3 Å². The number of nitrogens with two attached hydrogens (primary N) is 1. The van der Waals surface area contributed by atoms with Crippen molar-refractivity contribution in [3.05, 3.63) is 40.4 Å². The molecule has 194 valence electrons. The zero-order valence-corrected chi connectivity index (χ0v) is 21.8. The van der Waals surface area contributed by atoms with Crippen LogP contribution in [0, 0.1) is 23.0 Å². The summed E-state index contributed by atoms with van der Waals surface area (Å²) in [6.45, 7) is 3.04. The molecule has 2 fully saturated rings. The molecule has 2 aromatic heterocycles. The first-order chi connectivity index (χ1) is 18.3. The predicted molar refractivity (Wildman–Crippen MR) is 145 cm³/mol. The molecule has 8 nitrogen and oxygen atoms in total. The van der Waals surface area contributed by atoms with Crippen LogP contribution in [0.1, 0.15) is 31.7 Å². The Morgan fingerprint density at radius 1 is 1.32 bits per heavy atom. The van der Waals surface area contributed by atoms with Gasteiger partial charge in [0.05, 0.1) is 15.3 Å². The van der Waals surface area contributed by atoms with Crippen molar-refractivity contribution in [2.24, 2.45) is 0 Å². The third-order valence-corrected chi connectivity index (χ3v) is 8.48. The summed E-state index contributed by atoms with van der Waals surface area (Å²) in [4.78, 5) is 23.2. The highest BCUT2D eigenvalue weighted by molar-refractivity contribution is 7.23. The summed E-state index contributed by atoms with van der Waals surface area (Å²) in [7, 11) is 0. The molecular formula is C26H22ClF2N7OS. The Bertz CT molecular complexity index is 1670. The van der Waals surface area contributed by atoms with Crippen molar-refractivity contribution in [2.45, 2.75) is 38.3 Å². The fourth-order valence-corrected chi connectivity index (χ4v) is 6.66. The van der Waals surface area contributed by atoms with Gasteiger partial charge in [0.25, 0.3) is 0 Å². The molecule has 2 bridgehead atoms. The van der Waals surface area contributed by atoms with Crippen LogP contribution in [0.4, 0.5) is 25.5 Å². The second-order valence-corrected chi connectivity index (χ2v) is 11.0. The minimum atomic E-state index is -0.761. The smallest absolute Gasteiger partial charge is 0.232 e. The first kappa shape index (κ1) is 24.7. The van der Waals surface area contributed by atoms with Crippen molar-refractivity contribution in [3.8, 4) is 17.2 Å². The lowest BCUT2D eigenvalue weighted by atomic mass is 9.97. The summed E-state index contributed by atoms with van der Waals surface area (Å²) < 4.78 is 31.3. The monoisotopic (exact) mass is 553 g/mol. The molecule has 2 aliphatic rings. The van der Waals surface area contributed by atoms with Gasteiger partial charge in [-0.25, -0.2) is 13.8 Å².